The van der Waals surface area contributed by atoms with E-state index < -0.39 is 10.1 Å². The van der Waals surface area contributed by atoms with Crippen LogP contribution in [0.15, 0.2) is 86.0 Å². The average Bonchev–Trinajstić information content (AvgIpc) is 2.73. The van der Waals surface area contributed by atoms with Gasteiger partial charge in [-0.05, 0) is 25.8 Å². The Kier molecular flexibility index (Phi) is 5.36. The molecule has 0 amide bonds. The number of dihydropyridines is 1. The van der Waals surface area contributed by atoms with E-state index in [0.717, 1.165) is 12.8 Å². The van der Waals surface area contributed by atoms with Gasteiger partial charge >= 0.3 is 0 Å². The predicted molar refractivity (Wildman–Crippen MR) is 119 cm³/mol. The first kappa shape index (κ1) is 20.2. The third-order valence-electron chi connectivity index (χ3n) is 5.36. The average molecular weight is 423 g/mol. The Morgan fingerprint density at radius 2 is 1.90 bits per heavy atom. The lowest BCUT2D eigenvalue weighted by molar-refractivity contribution is 0.484. The number of azo groups is 1. The third kappa shape index (κ3) is 4.10. The highest BCUT2D eigenvalue weighted by Crippen LogP contribution is 2.36. The molecule has 2 unspecified atom stereocenters. The largest absolute Gasteiger partial charge is 0.396 e. The van der Waals surface area contributed by atoms with Crippen molar-refractivity contribution in [2.75, 3.05) is 5.73 Å². The summed E-state index contributed by atoms with van der Waals surface area (Å²) in [6, 6.07) is 8.08. The molecule has 4 rings (SSSR count). The van der Waals surface area contributed by atoms with Crippen molar-refractivity contribution in [2.24, 2.45) is 21.1 Å². The van der Waals surface area contributed by atoms with Gasteiger partial charge in [0.2, 0.25) is 0 Å². The van der Waals surface area contributed by atoms with Gasteiger partial charge in [0.05, 0.1) is 17.4 Å². The smallest absolute Gasteiger partial charge is 0.295 e. The van der Waals surface area contributed by atoms with Gasteiger partial charge in [-0.15, -0.1) is 10.2 Å². The summed E-state index contributed by atoms with van der Waals surface area (Å²) >= 11 is 0. The Balaban J connectivity index is 1.59. The van der Waals surface area contributed by atoms with Crippen LogP contribution in [0.25, 0.3) is 10.8 Å². The lowest BCUT2D eigenvalue weighted by Crippen LogP contribution is -2.19. The maximum absolute atomic E-state index is 11.8. The lowest BCUT2D eigenvalue weighted by atomic mass is 9.88. The Bertz CT molecular complexity index is 1260. The van der Waals surface area contributed by atoms with Crippen LogP contribution < -0.4 is 5.73 Å². The Morgan fingerprint density at radius 3 is 2.53 bits per heavy atom. The van der Waals surface area contributed by atoms with E-state index in [1.807, 2.05) is 6.08 Å². The molecule has 2 aromatic rings. The fourth-order valence-corrected chi connectivity index (χ4v) is 4.38. The zero-order valence-electron chi connectivity index (χ0n) is 16.4. The number of fused-ring (bicyclic) bond motifs is 1. The van der Waals surface area contributed by atoms with E-state index in [0.29, 0.717) is 28.1 Å². The molecule has 2 atom stereocenters. The van der Waals surface area contributed by atoms with Crippen LogP contribution >= 0.6 is 0 Å². The Hall–Kier alpha value is -3.10. The maximum Gasteiger partial charge on any atom is 0.295 e. The molecule has 2 aromatic carbocycles. The molecule has 2 aliphatic rings. The van der Waals surface area contributed by atoms with Gasteiger partial charge in [0.15, 0.2) is 0 Å². The van der Waals surface area contributed by atoms with Gasteiger partial charge in [-0.1, -0.05) is 54.1 Å². The number of aliphatic imine (C=N–C) groups is 1. The highest BCUT2D eigenvalue weighted by atomic mass is 32.2. The molecule has 0 radical (unpaired) electrons. The molecular weight excluding hydrogens is 400 g/mol. The summed E-state index contributed by atoms with van der Waals surface area (Å²) in [4.78, 5) is 4.36. The van der Waals surface area contributed by atoms with Crippen LogP contribution in [-0.4, -0.2) is 25.2 Å². The number of benzene rings is 2. The minimum atomic E-state index is -4.44. The summed E-state index contributed by atoms with van der Waals surface area (Å²) in [5.41, 5.74) is 8.50. The number of nitrogens with two attached hydrogens (primary N) is 1. The lowest BCUT2D eigenvalue weighted by Gasteiger charge is -2.23. The molecule has 3 N–H and O–H groups in total. The van der Waals surface area contributed by atoms with Crippen molar-refractivity contribution in [3.63, 3.8) is 0 Å². The van der Waals surface area contributed by atoms with Crippen LogP contribution in [0.4, 0.5) is 11.4 Å². The monoisotopic (exact) mass is 422 g/mol. The number of rotatable bonds is 4. The van der Waals surface area contributed by atoms with Crippen LogP contribution in [-0.2, 0) is 10.1 Å². The summed E-state index contributed by atoms with van der Waals surface area (Å²) in [6.45, 7) is 2.08. The molecule has 0 saturated heterocycles. The van der Waals surface area contributed by atoms with Gasteiger partial charge in [-0.2, -0.15) is 8.42 Å². The van der Waals surface area contributed by atoms with Crippen LogP contribution in [0.1, 0.15) is 19.8 Å². The van der Waals surface area contributed by atoms with E-state index in [2.05, 4.69) is 40.4 Å². The van der Waals surface area contributed by atoms with Gasteiger partial charge in [-0.3, -0.25) is 9.55 Å². The van der Waals surface area contributed by atoms with Crippen LogP contribution in [0.2, 0.25) is 0 Å². The quantitative estimate of drug-likeness (QED) is 0.409. The molecule has 1 aliphatic carbocycles. The number of nitrogen functional groups attached to an aromatic ring is 1. The van der Waals surface area contributed by atoms with Gasteiger partial charge < -0.3 is 5.73 Å². The van der Waals surface area contributed by atoms with Gasteiger partial charge in [0, 0.05) is 22.9 Å². The molecule has 7 nitrogen and oxygen atoms in total. The summed E-state index contributed by atoms with van der Waals surface area (Å²) in [7, 11) is -4.44. The van der Waals surface area contributed by atoms with Gasteiger partial charge in [-0.25, -0.2) is 0 Å². The molecule has 30 heavy (non-hydrogen) atoms. The van der Waals surface area contributed by atoms with Crippen molar-refractivity contribution in [2.45, 2.75) is 30.7 Å². The van der Waals surface area contributed by atoms with E-state index in [1.165, 1.54) is 11.6 Å². The first-order valence-corrected chi connectivity index (χ1v) is 11.1. The van der Waals surface area contributed by atoms with Gasteiger partial charge in [0.25, 0.3) is 10.1 Å². The minimum absolute atomic E-state index is 0.168. The van der Waals surface area contributed by atoms with Crippen molar-refractivity contribution in [3.8, 4) is 0 Å². The molecule has 0 saturated carbocycles. The molecule has 0 bridgehead atoms. The van der Waals surface area contributed by atoms with E-state index in [9.17, 15) is 13.0 Å². The molecule has 154 valence electrons. The van der Waals surface area contributed by atoms with E-state index in [4.69, 9.17) is 5.73 Å². The number of hydrogen-bond donors (Lipinski definition) is 2. The highest BCUT2D eigenvalue weighted by Gasteiger charge is 2.21. The molecule has 8 heteroatoms. The first-order chi connectivity index (χ1) is 14.3. The predicted octanol–water partition coefficient (Wildman–Crippen LogP) is 5.00. The topological polar surface area (TPSA) is 117 Å². The zero-order chi connectivity index (χ0) is 21.3. The van der Waals surface area contributed by atoms with Crippen LogP contribution in [0.5, 0.6) is 0 Å². The van der Waals surface area contributed by atoms with Crippen molar-refractivity contribution >= 4 is 38.5 Å². The van der Waals surface area contributed by atoms with Crippen molar-refractivity contribution in [1.29, 1.82) is 0 Å². The zero-order valence-corrected chi connectivity index (χ0v) is 17.2. The molecule has 1 heterocycles. The molecule has 0 fully saturated rings. The second-order valence-corrected chi connectivity index (χ2v) is 8.84. The van der Waals surface area contributed by atoms with Crippen molar-refractivity contribution < 1.29 is 13.0 Å². The van der Waals surface area contributed by atoms with Crippen molar-refractivity contribution in [3.05, 3.63) is 65.9 Å². The molecular formula is C22H22N4O3S. The molecule has 0 spiro atoms. The number of hydrogen-bond acceptors (Lipinski definition) is 6. The molecule has 1 aliphatic heterocycles. The molecule has 0 aromatic heterocycles. The summed E-state index contributed by atoms with van der Waals surface area (Å²) in [5.74, 6) is 0.369. The Morgan fingerprint density at radius 1 is 1.13 bits per heavy atom. The minimum Gasteiger partial charge on any atom is -0.396 e. The van der Waals surface area contributed by atoms with E-state index in [1.54, 1.807) is 30.5 Å². The van der Waals surface area contributed by atoms with Crippen LogP contribution in [0, 0.1) is 5.92 Å². The third-order valence-corrected chi connectivity index (χ3v) is 6.25. The summed E-state index contributed by atoms with van der Waals surface area (Å²) < 4.78 is 33.3. The highest BCUT2D eigenvalue weighted by molar-refractivity contribution is 7.86. The van der Waals surface area contributed by atoms with Gasteiger partial charge in [0.1, 0.15) is 10.6 Å². The van der Waals surface area contributed by atoms with E-state index in [-0.39, 0.29) is 16.6 Å². The normalized spacial score (nSPS) is 21.8. The second-order valence-electron chi connectivity index (χ2n) is 7.45. The fourth-order valence-electron chi connectivity index (χ4n) is 3.67. The SMILES string of the molecule is CC1=CCC(C2CC=C(N=Nc3cc(S(=O)(=O)O)c4ccccc4c3N)C=N2)C=C1. The number of anilines is 1. The fraction of sp³-hybridized carbons (Fsp3) is 0.227. The first-order valence-electron chi connectivity index (χ1n) is 9.61. The number of nitrogens with zero attached hydrogens (tertiary/aromatic N) is 3. The Labute approximate surface area is 175 Å². The van der Waals surface area contributed by atoms with Crippen molar-refractivity contribution in [1.82, 2.24) is 0 Å². The summed E-state index contributed by atoms with van der Waals surface area (Å²) in [6.07, 6.45) is 11.9. The summed E-state index contributed by atoms with van der Waals surface area (Å²) in [5, 5.41) is 9.15. The number of allylic oxidation sites excluding steroid dienone is 4. The standard InChI is InChI=1S/C22H22N4O3S/c1-14-6-8-15(9-7-14)19-11-10-16(13-24-19)25-26-20-12-21(30(27,28)29)17-4-2-3-5-18(17)22(20)23/h2-8,10,12-13,15,19H,9,11,23H2,1H3,(H,27,28,29). The second kappa shape index (κ2) is 7.97. The van der Waals surface area contributed by atoms with Crippen LogP contribution in [0.3, 0.4) is 0 Å². The maximum atomic E-state index is 11.8. The van der Waals surface area contributed by atoms with E-state index >= 15 is 0 Å².